The number of halogens is 1. The topological polar surface area (TPSA) is 107 Å². The van der Waals surface area contributed by atoms with Crippen LogP contribution in [0.3, 0.4) is 0 Å². The van der Waals surface area contributed by atoms with E-state index in [9.17, 15) is 28.9 Å². The minimum atomic E-state index is -0.672. The number of rotatable bonds is 4. The number of hydrogen-bond acceptors (Lipinski definition) is 6. The van der Waals surface area contributed by atoms with Crippen LogP contribution in [0.25, 0.3) is 17.1 Å². The minimum Gasteiger partial charge on any atom is -0.295 e. The van der Waals surface area contributed by atoms with Gasteiger partial charge in [0.1, 0.15) is 5.82 Å². The van der Waals surface area contributed by atoms with E-state index in [1.54, 1.807) is 6.07 Å². The van der Waals surface area contributed by atoms with Gasteiger partial charge in [0.25, 0.3) is 16.8 Å². The van der Waals surface area contributed by atoms with Crippen LogP contribution >= 0.6 is 11.8 Å². The molecule has 0 unspecified atom stereocenters. The van der Waals surface area contributed by atoms with Gasteiger partial charge in [-0.15, -0.1) is 0 Å². The van der Waals surface area contributed by atoms with Gasteiger partial charge in [0, 0.05) is 25.7 Å². The van der Waals surface area contributed by atoms with Crippen molar-refractivity contribution >= 4 is 45.7 Å². The molecule has 1 aromatic heterocycles. The first kappa shape index (κ1) is 20.5. The van der Waals surface area contributed by atoms with Gasteiger partial charge in [0.05, 0.1) is 33.0 Å². The van der Waals surface area contributed by atoms with E-state index in [0.717, 1.165) is 4.90 Å². The lowest BCUT2D eigenvalue weighted by molar-refractivity contribution is -0.385. The third-order valence-corrected chi connectivity index (χ3v) is 5.97. The van der Waals surface area contributed by atoms with Crippen molar-refractivity contribution in [3.05, 3.63) is 78.8 Å². The van der Waals surface area contributed by atoms with E-state index >= 15 is 0 Å². The molecule has 0 radical (unpaired) electrons. The summed E-state index contributed by atoms with van der Waals surface area (Å²) in [6.07, 6.45) is 1.25. The Hall–Kier alpha value is -3.73. The number of fused-ring (bicyclic) bond motifs is 1. The molecule has 3 aromatic rings. The fourth-order valence-corrected chi connectivity index (χ4v) is 4.23. The van der Waals surface area contributed by atoms with Gasteiger partial charge in [0.2, 0.25) is 0 Å². The molecule has 2 amide bonds. The van der Waals surface area contributed by atoms with Crippen molar-refractivity contribution in [3.63, 3.8) is 0 Å². The van der Waals surface area contributed by atoms with Gasteiger partial charge in [-0.2, -0.15) is 0 Å². The normalized spacial score (nSPS) is 15.5. The largest absolute Gasteiger partial charge is 0.328 e. The molecule has 2 heterocycles. The fourth-order valence-electron chi connectivity index (χ4n) is 3.40. The molecule has 11 heteroatoms. The molecule has 1 aliphatic rings. The zero-order chi connectivity index (χ0) is 22.4. The second-order valence-electron chi connectivity index (χ2n) is 6.92. The van der Waals surface area contributed by atoms with Crippen molar-refractivity contribution in [1.29, 1.82) is 0 Å². The fraction of sp³-hybridized carbons (Fsp3) is 0.150. The first-order valence-corrected chi connectivity index (χ1v) is 9.83. The second kappa shape index (κ2) is 7.51. The molecule has 0 spiro atoms. The van der Waals surface area contributed by atoms with Crippen molar-refractivity contribution in [3.8, 4) is 0 Å². The summed E-state index contributed by atoms with van der Waals surface area (Å²) in [6.45, 7) is -0.247. The smallest absolute Gasteiger partial charge is 0.295 e. The molecule has 1 fully saturated rings. The number of aromatic nitrogens is 2. The predicted molar refractivity (Wildman–Crippen MR) is 113 cm³/mol. The number of imide groups is 1. The molecule has 0 bridgehead atoms. The number of benzene rings is 2. The molecule has 4 rings (SSSR count). The number of carbonyl (C=O) groups is 2. The number of hydrogen-bond donors (Lipinski definition) is 0. The molecule has 1 saturated heterocycles. The first-order valence-electron chi connectivity index (χ1n) is 9.01. The van der Waals surface area contributed by atoms with E-state index in [2.05, 4.69) is 0 Å². The standard InChI is InChI=1S/C20H15FN4O5S/c1-22-15-7-12(14(25(29)30)9-16(15)23(2)19(22)27)8-17-18(26)24(20(28)31-17)10-11-5-3-4-6-13(11)21/h3-9H,10H2,1-2H3/b17-8-. The number of aryl methyl sites for hydroxylation is 2. The Bertz CT molecular complexity index is 1370. The zero-order valence-electron chi connectivity index (χ0n) is 16.4. The van der Waals surface area contributed by atoms with E-state index < -0.39 is 21.9 Å². The molecule has 0 aliphatic carbocycles. The van der Waals surface area contributed by atoms with Crippen molar-refractivity contribution in [2.45, 2.75) is 6.54 Å². The molecule has 9 nitrogen and oxygen atoms in total. The van der Waals surface area contributed by atoms with Crippen molar-refractivity contribution in [2.24, 2.45) is 14.1 Å². The van der Waals surface area contributed by atoms with Gasteiger partial charge in [-0.1, -0.05) is 18.2 Å². The molecular weight excluding hydrogens is 427 g/mol. The quantitative estimate of drug-likeness (QED) is 0.349. The number of thioether (sulfide) groups is 1. The maximum Gasteiger partial charge on any atom is 0.328 e. The third kappa shape index (κ3) is 3.42. The lowest BCUT2D eigenvalue weighted by Crippen LogP contribution is -2.27. The molecule has 0 atom stereocenters. The van der Waals surface area contributed by atoms with Crippen LogP contribution in [0.1, 0.15) is 11.1 Å². The van der Waals surface area contributed by atoms with Gasteiger partial charge in [-0.3, -0.25) is 33.7 Å². The summed E-state index contributed by atoms with van der Waals surface area (Å²) in [5, 5.41) is 11.0. The highest BCUT2D eigenvalue weighted by molar-refractivity contribution is 8.18. The zero-order valence-corrected chi connectivity index (χ0v) is 17.2. The van der Waals surface area contributed by atoms with Gasteiger partial charge in [0.15, 0.2) is 0 Å². The van der Waals surface area contributed by atoms with Crippen molar-refractivity contribution in [2.75, 3.05) is 0 Å². The second-order valence-corrected chi connectivity index (χ2v) is 7.91. The number of imidazole rings is 1. The summed E-state index contributed by atoms with van der Waals surface area (Å²) in [7, 11) is 3.03. The summed E-state index contributed by atoms with van der Waals surface area (Å²) in [5.74, 6) is -1.22. The maximum absolute atomic E-state index is 13.9. The van der Waals surface area contributed by atoms with E-state index in [-0.39, 0.29) is 34.0 Å². The summed E-state index contributed by atoms with van der Waals surface area (Å²) in [4.78, 5) is 49.1. The molecule has 1 aliphatic heterocycles. The van der Waals surface area contributed by atoms with Crippen LogP contribution in [0.4, 0.5) is 14.9 Å². The summed E-state index contributed by atoms with van der Waals surface area (Å²) < 4.78 is 16.5. The summed E-state index contributed by atoms with van der Waals surface area (Å²) in [6, 6.07) is 8.48. The Morgan fingerprint density at radius 1 is 1.10 bits per heavy atom. The Labute approximate surface area is 178 Å². The van der Waals surface area contributed by atoms with Crippen LogP contribution < -0.4 is 5.69 Å². The Morgan fingerprint density at radius 3 is 2.39 bits per heavy atom. The van der Waals surface area contributed by atoms with Gasteiger partial charge in [-0.25, -0.2) is 9.18 Å². The maximum atomic E-state index is 13.9. The number of nitro groups is 1. The van der Waals surface area contributed by atoms with Crippen molar-refractivity contribution < 1.29 is 18.9 Å². The van der Waals surface area contributed by atoms with Gasteiger partial charge >= 0.3 is 5.69 Å². The first-order chi connectivity index (χ1) is 14.7. The molecule has 2 aromatic carbocycles. The van der Waals surface area contributed by atoms with E-state index in [4.69, 9.17) is 0 Å². The Balaban J connectivity index is 1.77. The molecular formula is C20H15FN4O5S. The lowest BCUT2D eigenvalue weighted by Gasteiger charge is -2.12. The van der Waals surface area contributed by atoms with Crippen LogP contribution in [0, 0.1) is 15.9 Å². The monoisotopic (exact) mass is 442 g/mol. The molecule has 31 heavy (non-hydrogen) atoms. The van der Waals surface area contributed by atoms with Gasteiger partial charge < -0.3 is 0 Å². The van der Waals surface area contributed by atoms with Crippen molar-refractivity contribution in [1.82, 2.24) is 14.0 Å². The predicted octanol–water partition coefficient (Wildman–Crippen LogP) is 3.16. The number of amides is 2. The lowest BCUT2D eigenvalue weighted by atomic mass is 10.1. The summed E-state index contributed by atoms with van der Waals surface area (Å²) in [5.41, 5.74) is 0.396. The van der Waals surface area contributed by atoms with Crippen LogP contribution in [0.15, 0.2) is 46.1 Å². The third-order valence-electron chi connectivity index (χ3n) is 5.06. The molecule has 0 saturated carbocycles. The van der Waals surface area contributed by atoms with Crippen LogP contribution in [0.5, 0.6) is 0 Å². The Morgan fingerprint density at radius 2 is 1.74 bits per heavy atom. The molecule has 0 N–H and O–H groups in total. The summed E-state index contributed by atoms with van der Waals surface area (Å²) >= 11 is 0.620. The average Bonchev–Trinajstić information content (AvgIpc) is 3.11. The van der Waals surface area contributed by atoms with Crippen LogP contribution in [-0.4, -0.2) is 30.1 Å². The number of nitro benzene ring substituents is 1. The van der Waals surface area contributed by atoms with E-state index in [0.29, 0.717) is 22.8 Å². The van der Waals surface area contributed by atoms with E-state index in [1.807, 2.05) is 0 Å². The number of nitrogens with zero attached hydrogens (tertiary/aromatic N) is 4. The highest BCUT2D eigenvalue weighted by atomic mass is 32.2. The van der Waals surface area contributed by atoms with Gasteiger partial charge in [-0.05, 0) is 30.0 Å². The highest BCUT2D eigenvalue weighted by Crippen LogP contribution is 2.36. The highest BCUT2D eigenvalue weighted by Gasteiger charge is 2.36. The van der Waals surface area contributed by atoms with Crippen LogP contribution in [-0.2, 0) is 25.4 Å². The van der Waals surface area contributed by atoms with E-state index in [1.165, 1.54) is 59.6 Å². The minimum absolute atomic E-state index is 0.0234. The number of carbonyl (C=O) groups excluding carboxylic acids is 2. The SMILES string of the molecule is Cn1c(=O)n(C)c2cc([N+](=O)[O-])c(/C=C3\SC(=O)N(Cc4ccccc4F)C3=O)cc21. The average molecular weight is 442 g/mol. The molecule has 158 valence electrons. The Kier molecular flexibility index (Phi) is 4.97. The van der Waals surface area contributed by atoms with Crippen LogP contribution in [0.2, 0.25) is 0 Å².